The van der Waals surface area contributed by atoms with Crippen LogP contribution in [-0.4, -0.2) is 0 Å². The van der Waals surface area contributed by atoms with E-state index in [2.05, 4.69) is 133 Å². The van der Waals surface area contributed by atoms with E-state index in [1.165, 1.54) is 98.7 Å². The molecule has 0 aliphatic heterocycles. The van der Waals surface area contributed by atoms with Crippen LogP contribution in [0.1, 0.15) is 22.3 Å². The molecule has 206 valence electrons. The lowest BCUT2D eigenvalue weighted by Gasteiger charge is -2.19. The van der Waals surface area contributed by atoms with Gasteiger partial charge in [-0.2, -0.15) is 0 Å². The van der Waals surface area contributed by atoms with Gasteiger partial charge in [0.1, 0.15) is 0 Å². The maximum absolute atomic E-state index is 2.47. The Balaban J connectivity index is 1.22. The summed E-state index contributed by atoms with van der Waals surface area (Å²) in [6.07, 6.45) is 4.56. The summed E-state index contributed by atoms with van der Waals surface area (Å²) in [5.74, 6) is 0. The van der Waals surface area contributed by atoms with Crippen LogP contribution in [0.15, 0.2) is 133 Å². The van der Waals surface area contributed by atoms with Gasteiger partial charge in [-0.1, -0.05) is 115 Å². The van der Waals surface area contributed by atoms with Crippen molar-refractivity contribution < 1.29 is 0 Å². The van der Waals surface area contributed by atoms with Crippen molar-refractivity contribution in [1.29, 1.82) is 0 Å². The Hall–Kier alpha value is -5.20. The molecule has 10 rings (SSSR count). The fourth-order valence-corrected chi connectivity index (χ4v) is 8.47. The lowest BCUT2D eigenvalue weighted by Crippen LogP contribution is -1.92. The molecule has 0 heterocycles. The average molecular weight is 559 g/mol. The summed E-state index contributed by atoms with van der Waals surface area (Å²) in [4.78, 5) is 0. The normalized spacial score (nSPS) is 13.5. The molecule has 8 aromatic rings. The molecule has 0 heteroatoms. The molecular formula is C44H30. The van der Waals surface area contributed by atoms with E-state index in [0.717, 1.165) is 25.7 Å². The van der Waals surface area contributed by atoms with E-state index in [0.29, 0.717) is 0 Å². The van der Waals surface area contributed by atoms with Crippen LogP contribution in [0.3, 0.4) is 0 Å². The number of hydrogen-bond donors (Lipinski definition) is 0. The van der Waals surface area contributed by atoms with Gasteiger partial charge in [-0.25, -0.2) is 0 Å². The highest BCUT2D eigenvalue weighted by atomic mass is 14.2. The molecule has 2 aliphatic rings. The first-order valence-corrected chi connectivity index (χ1v) is 15.9. The second-order valence-corrected chi connectivity index (χ2v) is 12.7. The van der Waals surface area contributed by atoms with Crippen molar-refractivity contribution in [2.75, 3.05) is 0 Å². The van der Waals surface area contributed by atoms with Gasteiger partial charge in [0.25, 0.3) is 0 Å². The average Bonchev–Trinajstić information content (AvgIpc) is 3.69. The zero-order chi connectivity index (χ0) is 28.8. The minimum Gasteiger partial charge on any atom is -0.0616 e. The number of rotatable bonds is 3. The van der Waals surface area contributed by atoms with Gasteiger partial charge in [0.2, 0.25) is 0 Å². The molecule has 0 saturated carbocycles. The van der Waals surface area contributed by atoms with E-state index >= 15 is 0 Å². The lowest BCUT2D eigenvalue weighted by molar-refractivity contribution is 1.02. The van der Waals surface area contributed by atoms with Crippen molar-refractivity contribution in [3.63, 3.8) is 0 Å². The first-order valence-electron chi connectivity index (χ1n) is 15.9. The highest BCUT2D eigenvalue weighted by Gasteiger charge is 2.21. The first kappa shape index (κ1) is 24.3. The third kappa shape index (κ3) is 3.46. The molecule has 0 spiro atoms. The second kappa shape index (κ2) is 9.15. The molecule has 0 unspecified atom stereocenters. The van der Waals surface area contributed by atoms with Crippen molar-refractivity contribution in [1.82, 2.24) is 0 Å². The van der Waals surface area contributed by atoms with Gasteiger partial charge in [-0.3, -0.25) is 0 Å². The first-order chi connectivity index (χ1) is 21.8. The van der Waals surface area contributed by atoms with Crippen LogP contribution in [0.5, 0.6) is 0 Å². The number of benzene rings is 8. The smallest absolute Gasteiger partial charge is 0.00261 e. The molecule has 0 bridgehead atoms. The number of hydrogen-bond acceptors (Lipinski definition) is 0. The van der Waals surface area contributed by atoms with Gasteiger partial charge in [0.05, 0.1) is 0 Å². The molecule has 0 amide bonds. The highest BCUT2D eigenvalue weighted by molar-refractivity contribution is 6.22. The Morgan fingerprint density at radius 2 is 0.750 bits per heavy atom. The third-order valence-corrected chi connectivity index (χ3v) is 10.3. The SMILES string of the molecule is c1cc(-c2cc3c4c(cccc4c2)CC3)cc(-c2c3ccccc3c(-c3cc4c5c(cccc5c3)CC4)c3ccccc23)c1. The van der Waals surface area contributed by atoms with Gasteiger partial charge in [0.15, 0.2) is 0 Å². The zero-order valence-corrected chi connectivity index (χ0v) is 24.5. The summed E-state index contributed by atoms with van der Waals surface area (Å²) in [7, 11) is 0. The Bertz CT molecular complexity index is 2440. The Morgan fingerprint density at radius 1 is 0.295 bits per heavy atom. The fraction of sp³-hybridized carbons (Fsp3) is 0.0909. The van der Waals surface area contributed by atoms with Crippen molar-refractivity contribution in [3.05, 3.63) is 156 Å². The van der Waals surface area contributed by atoms with Gasteiger partial charge in [-0.05, 0) is 143 Å². The predicted molar refractivity (Wildman–Crippen MR) is 188 cm³/mol. The van der Waals surface area contributed by atoms with Crippen LogP contribution in [-0.2, 0) is 25.7 Å². The summed E-state index contributed by atoms with van der Waals surface area (Å²) in [5.41, 5.74) is 13.8. The molecule has 8 aromatic carbocycles. The van der Waals surface area contributed by atoms with Crippen LogP contribution < -0.4 is 0 Å². The Kier molecular flexibility index (Phi) is 5.05. The predicted octanol–water partition coefficient (Wildman–Crippen LogP) is 11.5. The minimum absolute atomic E-state index is 1.13. The lowest BCUT2D eigenvalue weighted by atomic mass is 9.84. The van der Waals surface area contributed by atoms with E-state index in [-0.39, 0.29) is 0 Å². The maximum atomic E-state index is 2.47. The topological polar surface area (TPSA) is 0 Å². The molecule has 0 fully saturated rings. The minimum atomic E-state index is 1.13. The van der Waals surface area contributed by atoms with Crippen LogP contribution >= 0.6 is 0 Å². The van der Waals surface area contributed by atoms with Crippen molar-refractivity contribution in [2.24, 2.45) is 0 Å². The van der Waals surface area contributed by atoms with Gasteiger partial charge < -0.3 is 0 Å². The van der Waals surface area contributed by atoms with Crippen molar-refractivity contribution >= 4 is 43.1 Å². The van der Waals surface area contributed by atoms with E-state index in [1.54, 1.807) is 0 Å². The van der Waals surface area contributed by atoms with E-state index < -0.39 is 0 Å². The molecule has 0 aromatic heterocycles. The monoisotopic (exact) mass is 558 g/mol. The summed E-state index contributed by atoms with van der Waals surface area (Å²) < 4.78 is 0. The van der Waals surface area contributed by atoms with Crippen LogP contribution in [0.25, 0.3) is 76.5 Å². The molecule has 2 aliphatic carbocycles. The Morgan fingerprint density at radius 3 is 1.34 bits per heavy atom. The van der Waals surface area contributed by atoms with Gasteiger partial charge in [0, 0.05) is 0 Å². The molecule has 0 nitrogen and oxygen atoms in total. The van der Waals surface area contributed by atoms with Gasteiger partial charge >= 0.3 is 0 Å². The van der Waals surface area contributed by atoms with Crippen molar-refractivity contribution in [2.45, 2.75) is 25.7 Å². The van der Waals surface area contributed by atoms with Crippen LogP contribution in [0.2, 0.25) is 0 Å². The van der Waals surface area contributed by atoms with Crippen molar-refractivity contribution in [3.8, 4) is 33.4 Å². The summed E-state index contributed by atoms with van der Waals surface area (Å²) in [6, 6.07) is 50.7. The van der Waals surface area contributed by atoms with E-state index in [4.69, 9.17) is 0 Å². The molecule has 0 N–H and O–H groups in total. The molecule has 44 heavy (non-hydrogen) atoms. The Labute approximate surface area is 257 Å². The summed E-state index contributed by atoms with van der Waals surface area (Å²) in [6.45, 7) is 0. The maximum Gasteiger partial charge on any atom is -0.00261 e. The quantitative estimate of drug-likeness (QED) is 0.189. The number of aryl methyl sites for hydroxylation is 4. The zero-order valence-electron chi connectivity index (χ0n) is 24.5. The standard InChI is InChI=1S/C44H30/c1-3-16-39-37(14-1)43(32-13-7-10-29(22-32)35-23-30-11-5-8-27-18-20-33(24-35)41(27)30)38-15-2-4-17-40(38)44(39)36-25-31-12-6-9-28-19-21-34(26-36)42(28)31/h1-17,22-26H,18-21H2. The van der Waals surface area contributed by atoms with E-state index in [1.807, 2.05) is 0 Å². The number of fused-ring (bicyclic) bond motifs is 2. The van der Waals surface area contributed by atoms with E-state index in [9.17, 15) is 0 Å². The molecule has 0 saturated heterocycles. The summed E-state index contributed by atoms with van der Waals surface area (Å²) in [5, 5.41) is 10.9. The molecular weight excluding hydrogens is 528 g/mol. The van der Waals surface area contributed by atoms with Gasteiger partial charge in [-0.15, -0.1) is 0 Å². The van der Waals surface area contributed by atoms with Crippen LogP contribution in [0, 0.1) is 0 Å². The fourth-order valence-electron chi connectivity index (χ4n) is 8.47. The second-order valence-electron chi connectivity index (χ2n) is 12.7. The third-order valence-electron chi connectivity index (χ3n) is 10.3. The molecule has 0 atom stereocenters. The summed E-state index contributed by atoms with van der Waals surface area (Å²) >= 11 is 0. The molecule has 0 radical (unpaired) electrons. The highest BCUT2D eigenvalue weighted by Crippen LogP contribution is 2.46. The largest absolute Gasteiger partial charge is 0.0616 e. The van der Waals surface area contributed by atoms with Crippen LogP contribution in [0.4, 0.5) is 0 Å².